The molecular weight excluding hydrogens is 308 g/mol. The first-order valence-corrected chi connectivity index (χ1v) is 8.55. The van der Waals surface area contributed by atoms with Crippen molar-refractivity contribution in [2.24, 2.45) is 5.92 Å². The molecule has 1 aliphatic rings. The van der Waals surface area contributed by atoms with Crippen LogP contribution in [0.15, 0.2) is 23.1 Å². The number of benzene rings is 1. The number of methoxy groups -OCH3 is 1. The van der Waals surface area contributed by atoms with Crippen LogP contribution in [0.2, 0.25) is 0 Å². The number of nitrogens with zero attached hydrogens (tertiary/aromatic N) is 2. The van der Waals surface area contributed by atoms with Crippen molar-refractivity contribution in [1.29, 1.82) is 0 Å². The molecule has 22 heavy (non-hydrogen) atoms. The van der Waals surface area contributed by atoms with E-state index < -0.39 is 14.9 Å². The highest BCUT2D eigenvalue weighted by Gasteiger charge is 2.39. The van der Waals surface area contributed by atoms with E-state index in [4.69, 9.17) is 4.74 Å². The number of sulfonamides is 1. The number of nitro benzene ring substituents is 1. The van der Waals surface area contributed by atoms with Gasteiger partial charge in [0.05, 0.1) is 18.1 Å². The molecule has 1 aliphatic carbocycles. The Morgan fingerprint density at radius 3 is 2.50 bits per heavy atom. The zero-order valence-electron chi connectivity index (χ0n) is 12.9. The normalized spacial score (nSPS) is 15.3. The first-order valence-electron chi connectivity index (χ1n) is 7.11. The van der Waals surface area contributed by atoms with Gasteiger partial charge in [0.1, 0.15) is 10.6 Å². The third-order valence-corrected chi connectivity index (χ3v) is 5.40. The Morgan fingerprint density at radius 2 is 2.05 bits per heavy atom. The van der Waals surface area contributed by atoms with E-state index in [1.807, 2.05) is 13.8 Å². The third-order valence-electron chi connectivity index (χ3n) is 3.44. The molecule has 122 valence electrons. The summed E-state index contributed by atoms with van der Waals surface area (Å²) in [6.07, 6.45) is 1.70. The summed E-state index contributed by atoms with van der Waals surface area (Å²) >= 11 is 0. The average molecular weight is 328 g/mol. The highest BCUT2D eigenvalue weighted by Crippen LogP contribution is 2.36. The van der Waals surface area contributed by atoms with Gasteiger partial charge in [-0.05, 0) is 24.8 Å². The van der Waals surface area contributed by atoms with Crippen molar-refractivity contribution < 1.29 is 18.1 Å². The summed E-state index contributed by atoms with van der Waals surface area (Å²) in [4.78, 5) is 10.2. The van der Waals surface area contributed by atoms with Gasteiger partial charge >= 0.3 is 0 Å². The van der Waals surface area contributed by atoms with Crippen LogP contribution in [-0.4, -0.2) is 37.3 Å². The summed E-state index contributed by atoms with van der Waals surface area (Å²) in [6.45, 7) is 4.34. The predicted octanol–water partition coefficient (Wildman–Crippen LogP) is 2.41. The molecular formula is C14H20N2O5S. The first kappa shape index (κ1) is 16.7. The van der Waals surface area contributed by atoms with Crippen molar-refractivity contribution in [2.45, 2.75) is 37.6 Å². The maximum Gasteiger partial charge on any atom is 0.273 e. The fourth-order valence-electron chi connectivity index (χ4n) is 2.28. The number of non-ortho nitro benzene ring substituents is 1. The molecule has 0 saturated heterocycles. The number of nitro groups is 1. The molecule has 1 fully saturated rings. The maximum absolute atomic E-state index is 12.9. The third kappa shape index (κ3) is 3.38. The maximum atomic E-state index is 12.9. The Labute approximate surface area is 130 Å². The summed E-state index contributed by atoms with van der Waals surface area (Å²) < 4.78 is 32.3. The van der Waals surface area contributed by atoms with Crippen LogP contribution in [-0.2, 0) is 10.0 Å². The largest absolute Gasteiger partial charge is 0.495 e. The first-order chi connectivity index (χ1) is 10.3. The molecule has 0 amide bonds. The van der Waals surface area contributed by atoms with E-state index in [1.165, 1.54) is 23.5 Å². The molecule has 0 bridgehead atoms. The van der Waals surface area contributed by atoms with Crippen LogP contribution >= 0.6 is 0 Å². The Kier molecular flexibility index (Phi) is 4.72. The second kappa shape index (κ2) is 6.21. The van der Waals surface area contributed by atoms with Gasteiger partial charge in [-0.15, -0.1) is 0 Å². The number of rotatable bonds is 7. The average Bonchev–Trinajstić information content (AvgIpc) is 3.28. The van der Waals surface area contributed by atoms with Crippen molar-refractivity contribution in [3.63, 3.8) is 0 Å². The minimum atomic E-state index is -3.73. The van der Waals surface area contributed by atoms with E-state index >= 15 is 0 Å². The smallest absolute Gasteiger partial charge is 0.273 e. The molecule has 8 heteroatoms. The number of hydrogen-bond acceptors (Lipinski definition) is 5. The molecule has 1 aromatic rings. The van der Waals surface area contributed by atoms with Crippen LogP contribution in [0.1, 0.15) is 26.7 Å². The molecule has 2 rings (SSSR count). The molecule has 0 spiro atoms. The second-order valence-electron chi connectivity index (χ2n) is 5.79. The van der Waals surface area contributed by atoms with Gasteiger partial charge in [-0.3, -0.25) is 10.1 Å². The minimum Gasteiger partial charge on any atom is -0.495 e. The molecule has 0 aliphatic heterocycles. The van der Waals surface area contributed by atoms with Crippen molar-refractivity contribution in [3.05, 3.63) is 28.3 Å². The lowest BCUT2D eigenvalue weighted by atomic mass is 10.2. The molecule has 0 aromatic heterocycles. The van der Waals surface area contributed by atoms with Gasteiger partial charge in [-0.1, -0.05) is 13.8 Å². The van der Waals surface area contributed by atoms with E-state index in [0.717, 1.165) is 18.9 Å². The summed E-state index contributed by atoms with van der Waals surface area (Å²) in [5, 5.41) is 10.8. The highest BCUT2D eigenvalue weighted by molar-refractivity contribution is 7.89. The summed E-state index contributed by atoms with van der Waals surface area (Å²) in [5.74, 6) is 0.197. The van der Waals surface area contributed by atoms with Gasteiger partial charge in [0.25, 0.3) is 5.69 Å². The lowest BCUT2D eigenvalue weighted by Crippen LogP contribution is -2.36. The van der Waals surface area contributed by atoms with E-state index in [0.29, 0.717) is 6.54 Å². The highest BCUT2D eigenvalue weighted by atomic mass is 32.2. The van der Waals surface area contributed by atoms with E-state index in [9.17, 15) is 18.5 Å². The summed E-state index contributed by atoms with van der Waals surface area (Å²) in [5.41, 5.74) is -0.197. The zero-order chi connectivity index (χ0) is 16.5. The minimum absolute atomic E-state index is 0.00334. The molecule has 0 atom stereocenters. The fourth-order valence-corrected chi connectivity index (χ4v) is 4.26. The summed E-state index contributed by atoms with van der Waals surface area (Å²) in [6, 6.07) is 3.61. The van der Waals surface area contributed by atoms with Gasteiger partial charge in [0.15, 0.2) is 0 Å². The van der Waals surface area contributed by atoms with E-state index in [1.54, 1.807) is 0 Å². The molecule has 0 heterocycles. The fraction of sp³-hybridized carbons (Fsp3) is 0.571. The second-order valence-corrected chi connectivity index (χ2v) is 7.65. The van der Waals surface area contributed by atoms with Crippen LogP contribution < -0.4 is 4.74 Å². The van der Waals surface area contributed by atoms with Crippen LogP contribution in [0.4, 0.5) is 5.69 Å². The van der Waals surface area contributed by atoms with Gasteiger partial charge in [-0.25, -0.2) is 8.42 Å². The van der Waals surface area contributed by atoms with Gasteiger partial charge in [0, 0.05) is 18.7 Å². The number of ether oxygens (including phenoxy) is 1. The lowest BCUT2D eigenvalue weighted by molar-refractivity contribution is -0.385. The van der Waals surface area contributed by atoms with Gasteiger partial charge in [0.2, 0.25) is 10.0 Å². The monoisotopic (exact) mass is 328 g/mol. The Balaban J connectivity index is 2.45. The molecule has 0 unspecified atom stereocenters. The summed E-state index contributed by atoms with van der Waals surface area (Å²) in [7, 11) is -2.42. The predicted molar refractivity (Wildman–Crippen MR) is 81.4 cm³/mol. The molecule has 0 N–H and O–H groups in total. The van der Waals surface area contributed by atoms with Crippen molar-refractivity contribution in [3.8, 4) is 5.75 Å². The Bertz CT molecular complexity index is 668. The SMILES string of the molecule is COc1cc([N+](=O)[O-])ccc1S(=O)(=O)N(CC(C)C)C1CC1. The van der Waals surface area contributed by atoms with Crippen molar-refractivity contribution >= 4 is 15.7 Å². The quantitative estimate of drug-likeness (QED) is 0.566. The molecule has 7 nitrogen and oxygen atoms in total. The van der Waals surface area contributed by atoms with Crippen molar-refractivity contribution in [2.75, 3.05) is 13.7 Å². The van der Waals surface area contributed by atoms with Crippen LogP contribution in [0.25, 0.3) is 0 Å². The van der Waals surface area contributed by atoms with Gasteiger partial charge < -0.3 is 4.74 Å². The molecule has 1 saturated carbocycles. The van der Waals surface area contributed by atoms with Crippen molar-refractivity contribution in [1.82, 2.24) is 4.31 Å². The van der Waals surface area contributed by atoms with E-state index in [2.05, 4.69) is 0 Å². The Morgan fingerprint density at radius 1 is 1.41 bits per heavy atom. The standard InChI is InChI=1S/C14H20N2O5S/c1-10(2)9-15(11-4-5-11)22(19,20)14-7-6-12(16(17)18)8-13(14)21-3/h6-8,10-11H,4-5,9H2,1-3H3. The van der Waals surface area contributed by atoms with E-state index in [-0.39, 0.29) is 28.3 Å². The topological polar surface area (TPSA) is 89.7 Å². The van der Waals surface area contributed by atoms with Crippen LogP contribution in [0, 0.1) is 16.0 Å². The molecule has 1 aromatic carbocycles. The Hall–Kier alpha value is -1.67. The van der Waals surface area contributed by atoms with Crippen LogP contribution in [0.3, 0.4) is 0 Å². The van der Waals surface area contributed by atoms with Gasteiger partial charge in [-0.2, -0.15) is 4.31 Å². The lowest BCUT2D eigenvalue weighted by Gasteiger charge is -2.24. The zero-order valence-corrected chi connectivity index (χ0v) is 13.7. The number of hydrogen-bond donors (Lipinski definition) is 0. The van der Waals surface area contributed by atoms with Crippen LogP contribution in [0.5, 0.6) is 5.75 Å². The molecule has 0 radical (unpaired) electrons.